The molecule has 24 heavy (non-hydrogen) atoms. The molecule has 0 spiro atoms. The zero-order chi connectivity index (χ0) is 16.0. The predicted octanol–water partition coefficient (Wildman–Crippen LogP) is 5.39. The van der Waals surface area contributed by atoms with Crippen LogP contribution in [-0.4, -0.2) is 0 Å². The van der Waals surface area contributed by atoms with Crippen LogP contribution < -0.4 is 13.6 Å². The van der Waals surface area contributed by atoms with Crippen LogP contribution in [0.4, 0.5) is 0 Å². The molecule has 1 unspecified atom stereocenters. The lowest BCUT2D eigenvalue weighted by molar-refractivity contribution is 0.298. The topological polar surface area (TPSA) is 44.8 Å². The van der Waals surface area contributed by atoms with Gasteiger partial charge in [-0.05, 0) is 36.4 Å². The fourth-order valence-electron chi connectivity index (χ4n) is 1.89. The van der Waals surface area contributed by atoms with Crippen molar-refractivity contribution in [1.29, 1.82) is 0 Å². The molecule has 4 nitrogen and oxygen atoms in total. The first-order valence-corrected chi connectivity index (χ1v) is 8.54. The highest BCUT2D eigenvalue weighted by Gasteiger charge is 2.33. The first kappa shape index (κ1) is 18.1. The maximum absolute atomic E-state index is 13.1. The van der Waals surface area contributed by atoms with Gasteiger partial charge in [-0.2, -0.15) is 14.5 Å². The summed E-state index contributed by atoms with van der Waals surface area (Å²) in [7, 11) is -3.89. The highest BCUT2D eigenvalue weighted by molar-refractivity contribution is 7.49. The zero-order valence-electron chi connectivity index (χ0n) is 12.9. The Balaban J connectivity index is 0.00000208. The van der Waals surface area contributed by atoms with Gasteiger partial charge in [0.2, 0.25) is 0 Å². The average Bonchev–Trinajstić information content (AvgIpc) is 2.57. The molecule has 0 amide bonds. The van der Waals surface area contributed by atoms with Crippen LogP contribution in [0.3, 0.4) is 0 Å². The second-order valence-electron chi connectivity index (χ2n) is 4.66. The van der Waals surface area contributed by atoms with Crippen molar-refractivity contribution in [1.82, 2.24) is 0 Å². The van der Waals surface area contributed by atoms with Gasteiger partial charge in [0, 0.05) is 0 Å². The lowest BCUT2D eigenvalue weighted by atomic mass is 10.3. The van der Waals surface area contributed by atoms with Crippen molar-refractivity contribution in [3.8, 4) is 17.2 Å². The lowest BCUT2D eigenvalue weighted by Gasteiger charge is -2.19. The number of phosphoric ester groups is 1. The fourth-order valence-corrected chi connectivity index (χ4v) is 3.14. The minimum atomic E-state index is -3.89. The van der Waals surface area contributed by atoms with E-state index in [0.29, 0.717) is 17.2 Å². The average molecular weight is 360 g/mol. The highest BCUT2D eigenvalue weighted by atomic mass is 31.2. The number of phosphoric acid groups is 1. The van der Waals surface area contributed by atoms with Crippen LogP contribution in [0.25, 0.3) is 0 Å². The van der Waals surface area contributed by atoms with Crippen LogP contribution >= 0.6 is 17.7 Å². The second kappa shape index (κ2) is 8.54. The van der Waals surface area contributed by atoms with Crippen molar-refractivity contribution in [3.63, 3.8) is 0 Å². The smallest absolute Gasteiger partial charge is 0.386 e. The molecule has 3 aromatic rings. The van der Waals surface area contributed by atoms with E-state index in [9.17, 15) is 4.57 Å². The van der Waals surface area contributed by atoms with Gasteiger partial charge in [0.05, 0.1) is 0 Å². The minimum absolute atomic E-state index is 0. The Hall–Kier alpha value is -2.28. The van der Waals surface area contributed by atoms with E-state index in [1.807, 2.05) is 18.2 Å². The molecule has 0 aliphatic rings. The number of benzene rings is 3. The standard InChI is InChI=1S/C18H15O4P.H3P/c19-23(20-16-10-4-1-5-11-16,21-17-12-6-2-7-13-17)22-18-14-8-3-9-15-18;/h1-15H;1H3. The van der Waals surface area contributed by atoms with E-state index in [4.69, 9.17) is 13.6 Å². The second-order valence-corrected chi connectivity index (χ2v) is 6.10. The Kier molecular flexibility index (Phi) is 6.43. The van der Waals surface area contributed by atoms with E-state index in [1.54, 1.807) is 72.8 Å². The fraction of sp³-hybridized carbons (Fsp3) is 0. The van der Waals surface area contributed by atoms with Crippen LogP contribution in [0.15, 0.2) is 91.0 Å². The Morgan fingerprint density at radius 3 is 1.00 bits per heavy atom. The first-order chi connectivity index (χ1) is 11.2. The van der Waals surface area contributed by atoms with E-state index in [1.165, 1.54) is 0 Å². The van der Waals surface area contributed by atoms with Crippen LogP contribution in [0.5, 0.6) is 17.2 Å². The van der Waals surface area contributed by atoms with E-state index in [2.05, 4.69) is 0 Å². The number of hydrogen-bond acceptors (Lipinski definition) is 4. The summed E-state index contributed by atoms with van der Waals surface area (Å²) in [6.07, 6.45) is 0. The summed E-state index contributed by atoms with van der Waals surface area (Å²) < 4.78 is 29.6. The Bertz CT molecular complexity index is 672. The van der Waals surface area contributed by atoms with Gasteiger partial charge in [0.25, 0.3) is 0 Å². The Labute approximate surface area is 144 Å². The zero-order valence-corrected chi connectivity index (χ0v) is 15.3. The van der Waals surface area contributed by atoms with Crippen LogP contribution in [0, 0.1) is 0 Å². The molecule has 1 atom stereocenters. The van der Waals surface area contributed by atoms with E-state index >= 15 is 0 Å². The minimum Gasteiger partial charge on any atom is -0.386 e. The molecule has 0 bridgehead atoms. The van der Waals surface area contributed by atoms with Crippen molar-refractivity contribution < 1.29 is 18.1 Å². The molecule has 0 aliphatic heterocycles. The number of para-hydroxylation sites is 3. The first-order valence-electron chi connectivity index (χ1n) is 7.07. The van der Waals surface area contributed by atoms with Crippen LogP contribution in [-0.2, 0) is 4.57 Å². The third kappa shape index (κ3) is 5.13. The molecule has 124 valence electrons. The van der Waals surface area contributed by atoms with Gasteiger partial charge in [-0.3, -0.25) is 0 Å². The van der Waals surface area contributed by atoms with Crippen molar-refractivity contribution in [2.24, 2.45) is 0 Å². The molecule has 0 aliphatic carbocycles. The Morgan fingerprint density at radius 1 is 0.500 bits per heavy atom. The molecule has 0 radical (unpaired) electrons. The largest absolute Gasteiger partial charge is 0.647 e. The summed E-state index contributed by atoms with van der Waals surface area (Å²) >= 11 is 0. The third-order valence-corrected chi connectivity index (χ3v) is 4.18. The molecular formula is C18H18O4P2. The van der Waals surface area contributed by atoms with Crippen molar-refractivity contribution >= 4 is 17.7 Å². The predicted molar refractivity (Wildman–Crippen MR) is 99.9 cm³/mol. The van der Waals surface area contributed by atoms with Crippen molar-refractivity contribution in [3.05, 3.63) is 91.0 Å². The summed E-state index contributed by atoms with van der Waals surface area (Å²) in [5, 5.41) is 0. The molecule has 0 aromatic heterocycles. The normalized spacial score (nSPS) is 10.3. The maximum Gasteiger partial charge on any atom is 0.647 e. The summed E-state index contributed by atoms with van der Waals surface area (Å²) in [5.41, 5.74) is 0. The van der Waals surface area contributed by atoms with Gasteiger partial charge in [-0.15, -0.1) is 0 Å². The van der Waals surface area contributed by atoms with E-state index in [-0.39, 0.29) is 9.90 Å². The number of hydrogen-bond donors (Lipinski definition) is 0. The van der Waals surface area contributed by atoms with Gasteiger partial charge >= 0.3 is 7.82 Å². The van der Waals surface area contributed by atoms with Crippen molar-refractivity contribution in [2.45, 2.75) is 0 Å². The molecule has 3 rings (SSSR count). The monoisotopic (exact) mass is 360 g/mol. The molecule has 6 heteroatoms. The molecule has 0 saturated heterocycles. The quantitative estimate of drug-likeness (QED) is 0.553. The summed E-state index contributed by atoms with van der Waals surface area (Å²) in [6, 6.07) is 26.4. The van der Waals surface area contributed by atoms with Crippen LogP contribution in [0.2, 0.25) is 0 Å². The van der Waals surface area contributed by atoms with E-state index < -0.39 is 7.82 Å². The molecule has 0 N–H and O–H groups in total. The van der Waals surface area contributed by atoms with Gasteiger partial charge in [-0.1, -0.05) is 54.6 Å². The molecule has 0 saturated carbocycles. The van der Waals surface area contributed by atoms with Gasteiger partial charge in [-0.25, -0.2) is 0 Å². The lowest BCUT2D eigenvalue weighted by Crippen LogP contribution is -2.07. The molecule has 0 heterocycles. The number of rotatable bonds is 6. The maximum atomic E-state index is 13.1. The van der Waals surface area contributed by atoms with Gasteiger partial charge < -0.3 is 13.6 Å². The van der Waals surface area contributed by atoms with E-state index in [0.717, 1.165) is 0 Å². The van der Waals surface area contributed by atoms with Crippen LogP contribution in [0.1, 0.15) is 0 Å². The van der Waals surface area contributed by atoms with Gasteiger partial charge in [0.1, 0.15) is 17.2 Å². The summed E-state index contributed by atoms with van der Waals surface area (Å²) in [5.74, 6) is 1.22. The third-order valence-electron chi connectivity index (χ3n) is 2.88. The Morgan fingerprint density at radius 2 is 0.750 bits per heavy atom. The molecular weight excluding hydrogens is 342 g/mol. The van der Waals surface area contributed by atoms with Gasteiger partial charge in [0.15, 0.2) is 0 Å². The van der Waals surface area contributed by atoms with Crippen molar-refractivity contribution in [2.75, 3.05) is 0 Å². The highest BCUT2D eigenvalue weighted by Crippen LogP contribution is 2.49. The molecule has 3 aromatic carbocycles. The summed E-state index contributed by atoms with van der Waals surface area (Å²) in [6.45, 7) is 0. The molecule has 0 fully saturated rings. The summed E-state index contributed by atoms with van der Waals surface area (Å²) in [4.78, 5) is 0. The SMILES string of the molecule is O=P(Oc1ccccc1)(Oc1ccccc1)Oc1ccccc1.P.